The van der Waals surface area contributed by atoms with Crippen LogP contribution in [-0.4, -0.2) is 48.1 Å². The molecule has 3 rings (SSSR count). The molecule has 1 aliphatic carbocycles. The Morgan fingerprint density at radius 2 is 2.40 bits per heavy atom. The third kappa shape index (κ3) is 2.76. The summed E-state index contributed by atoms with van der Waals surface area (Å²) in [5.74, 6) is 0.624. The Labute approximate surface area is 122 Å². The van der Waals surface area contributed by atoms with E-state index in [0.29, 0.717) is 18.2 Å². The smallest absolute Gasteiger partial charge is 0.323 e. The normalized spacial score (nSPS) is 35.3. The van der Waals surface area contributed by atoms with Crippen LogP contribution in [0.1, 0.15) is 13.3 Å². The summed E-state index contributed by atoms with van der Waals surface area (Å²) in [6.07, 6.45) is 6.87. The molecule has 5 nitrogen and oxygen atoms in total. The number of methoxy groups -OCH3 is 1. The number of ether oxygens (including phenoxy) is 2. The van der Waals surface area contributed by atoms with E-state index in [-0.39, 0.29) is 24.2 Å². The van der Waals surface area contributed by atoms with Crippen LogP contribution in [-0.2, 0) is 14.3 Å². The number of nitrogens with zero attached hydrogens (tertiary/aromatic N) is 1. The molecule has 20 heavy (non-hydrogen) atoms. The monoisotopic (exact) mass is 294 g/mol. The molecule has 0 unspecified atom stereocenters. The van der Waals surface area contributed by atoms with Gasteiger partial charge in [0.25, 0.3) is 0 Å². The third-order valence-electron chi connectivity index (χ3n) is 3.64. The van der Waals surface area contributed by atoms with Crippen LogP contribution in [0.3, 0.4) is 0 Å². The van der Waals surface area contributed by atoms with Gasteiger partial charge in [0.1, 0.15) is 17.9 Å². The van der Waals surface area contributed by atoms with Gasteiger partial charge in [0.15, 0.2) is 0 Å². The molecule has 6 heteroatoms. The lowest BCUT2D eigenvalue weighted by Gasteiger charge is -2.20. The number of hydrogen-bond acceptors (Lipinski definition) is 6. The van der Waals surface area contributed by atoms with E-state index in [1.165, 1.54) is 7.11 Å². The Morgan fingerprint density at radius 3 is 3.20 bits per heavy atom. The van der Waals surface area contributed by atoms with Gasteiger partial charge < -0.3 is 14.8 Å². The van der Waals surface area contributed by atoms with Crippen molar-refractivity contribution in [3.05, 3.63) is 24.0 Å². The van der Waals surface area contributed by atoms with Gasteiger partial charge in [0.05, 0.1) is 23.4 Å². The van der Waals surface area contributed by atoms with Crippen LogP contribution >= 0.6 is 11.8 Å². The zero-order valence-corrected chi connectivity index (χ0v) is 12.4. The number of hydrogen-bond donors (Lipinski definition) is 1. The first-order valence-electron chi connectivity index (χ1n) is 6.74. The minimum absolute atomic E-state index is 0.00526. The Morgan fingerprint density at radius 1 is 1.55 bits per heavy atom. The maximum atomic E-state index is 11.4. The van der Waals surface area contributed by atoms with Crippen molar-refractivity contribution in [1.29, 1.82) is 0 Å². The second-order valence-corrected chi connectivity index (χ2v) is 6.48. The van der Waals surface area contributed by atoms with Crippen molar-refractivity contribution in [2.45, 2.75) is 36.8 Å². The van der Waals surface area contributed by atoms with Gasteiger partial charge in [-0.05, 0) is 19.1 Å². The van der Waals surface area contributed by atoms with E-state index >= 15 is 0 Å². The molecular weight excluding hydrogens is 276 g/mol. The van der Waals surface area contributed by atoms with Gasteiger partial charge in [-0.2, -0.15) is 0 Å². The molecular formula is C14H18N2O3S. The maximum absolute atomic E-state index is 11.4. The van der Waals surface area contributed by atoms with Crippen LogP contribution in [0.4, 0.5) is 0 Å². The van der Waals surface area contributed by atoms with Crippen LogP contribution in [0.15, 0.2) is 29.0 Å². The summed E-state index contributed by atoms with van der Waals surface area (Å²) in [4.78, 5) is 16.0. The first-order valence-corrected chi connectivity index (χ1v) is 7.62. The van der Waals surface area contributed by atoms with Gasteiger partial charge >= 0.3 is 5.97 Å². The van der Waals surface area contributed by atoms with Crippen LogP contribution < -0.4 is 5.32 Å². The molecule has 4 atom stereocenters. The molecule has 0 saturated carbocycles. The second-order valence-electron chi connectivity index (χ2n) is 5.11. The number of fused-ring (bicyclic) bond motifs is 1. The number of allylic oxidation sites excluding steroid dienone is 1. The predicted molar refractivity (Wildman–Crippen MR) is 78.8 cm³/mol. The Balaban J connectivity index is 1.58. The maximum Gasteiger partial charge on any atom is 0.323 e. The first kappa shape index (κ1) is 13.7. The Kier molecular flexibility index (Phi) is 3.85. The van der Waals surface area contributed by atoms with Gasteiger partial charge in [0, 0.05) is 13.0 Å². The number of rotatable bonds is 3. The molecule has 0 spiro atoms. The lowest BCUT2D eigenvalue weighted by molar-refractivity contribution is -0.142. The van der Waals surface area contributed by atoms with Crippen LogP contribution in [0, 0.1) is 0 Å². The summed E-state index contributed by atoms with van der Waals surface area (Å²) in [5.41, 5.74) is 0. The molecule has 0 aromatic rings. The zero-order chi connectivity index (χ0) is 14.1. The summed E-state index contributed by atoms with van der Waals surface area (Å²) < 4.78 is 10.7. The van der Waals surface area contributed by atoms with E-state index in [1.54, 1.807) is 11.8 Å². The van der Waals surface area contributed by atoms with Crippen molar-refractivity contribution in [3.8, 4) is 0 Å². The predicted octanol–water partition coefficient (Wildman–Crippen LogP) is 1.26. The summed E-state index contributed by atoms with van der Waals surface area (Å²) in [5, 5.41) is 4.65. The highest BCUT2D eigenvalue weighted by Gasteiger charge is 2.33. The van der Waals surface area contributed by atoms with Crippen molar-refractivity contribution in [2.75, 3.05) is 13.7 Å². The standard InChI is InChI=1S/C14H18N2O3S/c1-8-16-11-5-9(3-4-13(11)20-8)19-10-6-12(15-7-10)14(17)18-2/h3-5,10-13,15H,6-7H2,1-2H3/t10-,11-,12-,13+/m0/s1. The number of thioether (sulfide) groups is 1. The van der Waals surface area contributed by atoms with Gasteiger partial charge in [0.2, 0.25) is 0 Å². The molecule has 0 radical (unpaired) electrons. The van der Waals surface area contributed by atoms with Gasteiger partial charge in [-0.25, -0.2) is 0 Å². The van der Waals surface area contributed by atoms with Gasteiger partial charge in [-0.3, -0.25) is 9.79 Å². The van der Waals surface area contributed by atoms with Gasteiger partial charge in [-0.15, -0.1) is 11.8 Å². The summed E-state index contributed by atoms with van der Waals surface area (Å²) in [7, 11) is 1.41. The van der Waals surface area contributed by atoms with Crippen LogP contribution in [0.5, 0.6) is 0 Å². The van der Waals surface area contributed by atoms with Gasteiger partial charge in [-0.1, -0.05) is 6.08 Å². The highest BCUT2D eigenvalue weighted by Crippen LogP contribution is 2.33. The van der Waals surface area contributed by atoms with E-state index in [4.69, 9.17) is 9.47 Å². The molecule has 2 heterocycles. The van der Waals surface area contributed by atoms with E-state index < -0.39 is 0 Å². The number of esters is 1. The van der Waals surface area contributed by atoms with E-state index in [2.05, 4.69) is 22.5 Å². The topological polar surface area (TPSA) is 59.9 Å². The van der Waals surface area contributed by atoms with Crippen molar-refractivity contribution in [2.24, 2.45) is 4.99 Å². The minimum atomic E-state index is -0.256. The number of aliphatic imine (C=N–C) groups is 1. The largest absolute Gasteiger partial charge is 0.489 e. The number of carbonyl (C=O) groups excluding carboxylic acids is 1. The highest BCUT2D eigenvalue weighted by atomic mass is 32.2. The second kappa shape index (κ2) is 5.61. The molecule has 1 N–H and O–H groups in total. The molecule has 1 fully saturated rings. The van der Waals surface area contributed by atoms with Crippen LogP contribution in [0.2, 0.25) is 0 Å². The van der Waals surface area contributed by atoms with E-state index in [0.717, 1.165) is 10.8 Å². The first-order chi connectivity index (χ1) is 9.65. The zero-order valence-electron chi connectivity index (χ0n) is 11.5. The summed E-state index contributed by atoms with van der Waals surface area (Å²) in [6, 6.07) is -0.0704. The van der Waals surface area contributed by atoms with E-state index in [9.17, 15) is 4.79 Å². The Hall–Kier alpha value is -1.27. The van der Waals surface area contributed by atoms with E-state index in [1.807, 2.05) is 13.0 Å². The lowest BCUT2D eigenvalue weighted by atomic mass is 10.1. The molecule has 0 amide bonds. The highest BCUT2D eigenvalue weighted by molar-refractivity contribution is 8.14. The fraction of sp³-hybridized carbons (Fsp3) is 0.571. The molecule has 0 aromatic heterocycles. The molecule has 3 aliphatic rings. The fourth-order valence-corrected chi connectivity index (χ4v) is 3.68. The molecule has 0 bridgehead atoms. The molecule has 0 aromatic carbocycles. The van der Waals surface area contributed by atoms with Crippen molar-refractivity contribution >= 4 is 22.8 Å². The van der Waals surface area contributed by atoms with Crippen LogP contribution in [0.25, 0.3) is 0 Å². The number of nitrogens with one attached hydrogen (secondary N) is 1. The quantitative estimate of drug-likeness (QED) is 0.794. The van der Waals surface area contributed by atoms with Crippen molar-refractivity contribution in [3.63, 3.8) is 0 Å². The Bertz CT molecular complexity index is 501. The third-order valence-corrected chi connectivity index (χ3v) is 4.79. The van der Waals surface area contributed by atoms with Crippen molar-refractivity contribution in [1.82, 2.24) is 5.32 Å². The molecule has 2 aliphatic heterocycles. The number of carbonyl (C=O) groups is 1. The summed E-state index contributed by atoms with van der Waals surface area (Å²) in [6.45, 7) is 2.70. The minimum Gasteiger partial charge on any atom is -0.489 e. The average Bonchev–Trinajstić information content (AvgIpc) is 3.03. The average molecular weight is 294 g/mol. The lowest BCUT2D eigenvalue weighted by Crippen LogP contribution is -2.31. The molecule has 1 saturated heterocycles. The molecule has 108 valence electrons. The summed E-state index contributed by atoms with van der Waals surface area (Å²) >= 11 is 1.79. The SMILES string of the molecule is COC(=O)[C@@H]1C[C@H](OC2=C[C@@H]3N=C(C)S[C@@H]3C=C2)CN1. The fourth-order valence-electron chi connectivity index (χ4n) is 2.67. The van der Waals surface area contributed by atoms with Crippen molar-refractivity contribution < 1.29 is 14.3 Å².